The second-order valence-corrected chi connectivity index (χ2v) is 14.8. The van der Waals surface area contributed by atoms with Gasteiger partial charge < -0.3 is 44.4 Å². The number of aromatic nitrogens is 1. The minimum Gasteiger partial charge on any atom is -0.505 e. The van der Waals surface area contributed by atoms with Crippen LogP contribution in [0.5, 0.6) is 11.5 Å². The Balaban J connectivity index is 1.59. The lowest BCUT2D eigenvalue weighted by Gasteiger charge is -2.36. The number of amides is 1. The van der Waals surface area contributed by atoms with E-state index in [1.54, 1.807) is 39.8 Å². The van der Waals surface area contributed by atoms with Gasteiger partial charge in [0.25, 0.3) is 11.7 Å². The zero-order valence-corrected chi connectivity index (χ0v) is 31.7. The molecule has 0 unspecified atom stereocenters. The zero-order chi connectivity index (χ0) is 40.3. The smallest absolute Gasteiger partial charge is 0.312 e. The second kappa shape index (κ2) is 14.8. The van der Waals surface area contributed by atoms with Crippen LogP contribution in [-0.4, -0.2) is 74.4 Å². The molecule has 0 aliphatic carbocycles. The van der Waals surface area contributed by atoms with E-state index in [0.717, 1.165) is 12.1 Å². The number of carbonyl (C=O) groups excluding carboxylic acids is 2. The molecule has 9 atom stereocenters. The van der Waals surface area contributed by atoms with Crippen molar-refractivity contribution in [2.45, 2.75) is 78.7 Å². The van der Waals surface area contributed by atoms with Gasteiger partial charge in [0.15, 0.2) is 22.3 Å². The van der Waals surface area contributed by atoms with E-state index in [-0.39, 0.29) is 61.1 Å². The average Bonchev–Trinajstić information content (AvgIpc) is 3.42. The average molecular weight is 761 g/mol. The Kier molecular flexibility index (Phi) is 10.7. The molecule has 14 heteroatoms. The van der Waals surface area contributed by atoms with Gasteiger partial charge in [0.2, 0.25) is 0 Å². The molecule has 3 heterocycles. The summed E-state index contributed by atoms with van der Waals surface area (Å²) in [5.41, 5.74) is -1.35. The van der Waals surface area contributed by atoms with Crippen LogP contribution >= 0.6 is 0 Å². The van der Waals surface area contributed by atoms with Crippen LogP contribution in [0.15, 0.2) is 63.6 Å². The van der Waals surface area contributed by atoms with Gasteiger partial charge in [0.1, 0.15) is 28.3 Å². The minimum atomic E-state index is -2.04. The van der Waals surface area contributed by atoms with Gasteiger partial charge in [-0.15, -0.1) is 0 Å². The van der Waals surface area contributed by atoms with Crippen LogP contribution in [0.4, 0.5) is 10.1 Å². The normalized spacial score (nSPS) is 31.6. The molecule has 0 saturated heterocycles. The molecule has 4 aromatic rings. The third kappa shape index (κ3) is 6.77. The largest absolute Gasteiger partial charge is 0.505 e. The van der Waals surface area contributed by atoms with E-state index in [0.29, 0.717) is 0 Å². The number of nitrogens with one attached hydrogen (secondary N) is 1. The highest BCUT2D eigenvalue weighted by Gasteiger charge is 2.49. The van der Waals surface area contributed by atoms with Crippen molar-refractivity contribution in [3.05, 3.63) is 81.5 Å². The van der Waals surface area contributed by atoms with Gasteiger partial charge in [0.05, 0.1) is 41.6 Å². The summed E-state index contributed by atoms with van der Waals surface area (Å²) in [7, 11) is 1.43. The maximum atomic E-state index is 14.4. The van der Waals surface area contributed by atoms with Crippen molar-refractivity contribution in [1.29, 1.82) is 0 Å². The molecule has 0 fully saturated rings. The first kappa shape index (κ1) is 39.5. The Morgan fingerprint density at radius 3 is 2.31 bits per heavy atom. The van der Waals surface area contributed by atoms with Crippen LogP contribution in [0.2, 0.25) is 0 Å². The maximum absolute atomic E-state index is 14.4. The summed E-state index contributed by atoms with van der Waals surface area (Å²) in [6.07, 6.45) is 3.31. The van der Waals surface area contributed by atoms with Crippen molar-refractivity contribution in [2.24, 2.45) is 23.7 Å². The SMILES string of the molecule is CO[C@H]1/C=C/O[C@@]2(C)Oc3c(C)c(=O)c4c(O)c(c5oc6cc(F)ccc6nc5c4c3C2=O)NC(=O)/C(C)=C\C=C\[C@H](C)[C@H](O)[C@@H](C)[C@@H](O)[C@@H](C)[C@H](O)[C@@H]1C. The van der Waals surface area contributed by atoms with Gasteiger partial charge in [0, 0.05) is 60.3 Å². The van der Waals surface area contributed by atoms with Gasteiger partial charge in [-0.1, -0.05) is 45.9 Å². The van der Waals surface area contributed by atoms with Crippen molar-refractivity contribution < 1.29 is 53.0 Å². The number of halogens is 1. The molecule has 4 bridgehead atoms. The first-order valence-electron chi connectivity index (χ1n) is 18.0. The van der Waals surface area contributed by atoms with Crippen LogP contribution < -0.4 is 15.5 Å². The van der Waals surface area contributed by atoms with Crippen LogP contribution in [0.3, 0.4) is 0 Å². The van der Waals surface area contributed by atoms with Crippen molar-refractivity contribution in [1.82, 2.24) is 4.98 Å². The number of anilines is 1. The molecule has 2 aliphatic rings. The number of allylic oxidation sites excluding steroid dienone is 2. The number of phenolic OH excluding ortho intramolecular Hbond substituents is 1. The van der Waals surface area contributed by atoms with Crippen LogP contribution in [0, 0.1) is 36.4 Å². The lowest BCUT2D eigenvalue weighted by atomic mass is 9.78. The fourth-order valence-corrected chi connectivity index (χ4v) is 7.39. The lowest BCUT2D eigenvalue weighted by molar-refractivity contribution is -0.112. The van der Waals surface area contributed by atoms with Crippen molar-refractivity contribution in [3.63, 3.8) is 0 Å². The molecular weight excluding hydrogens is 715 g/mol. The monoisotopic (exact) mass is 760 g/mol. The Labute approximate surface area is 315 Å². The molecule has 0 spiro atoms. The fraction of sp³-hybridized carbons (Fsp3) is 0.415. The first-order valence-corrected chi connectivity index (χ1v) is 18.0. The number of ether oxygens (including phenoxy) is 3. The maximum Gasteiger partial charge on any atom is 0.312 e. The molecule has 0 radical (unpaired) electrons. The number of aliphatic hydroxyl groups excluding tert-OH is 3. The van der Waals surface area contributed by atoms with E-state index in [2.05, 4.69) is 10.3 Å². The van der Waals surface area contributed by atoms with Crippen molar-refractivity contribution >= 4 is 50.3 Å². The molecule has 0 saturated carbocycles. The third-order valence-electron chi connectivity index (χ3n) is 11.0. The van der Waals surface area contributed by atoms with E-state index in [1.165, 1.54) is 52.4 Å². The summed E-state index contributed by atoms with van der Waals surface area (Å²) < 4.78 is 38.1. The first-order chi connectivity index (χ1) is 25.9. The van der Waals surface area contributed by atoms with Gasteiger partial charge >= 0.3 is 5.79 Å². The number of phenols is 1. The number of hydrogen-bond donors (Lipinski definition) is 5. The van der Waals surface area contributed by atoms with Crippen LogP contribution in [0.1, 0.15) is 57.5 Å². The highest BCUT2D eigenvalue weighted by molar-refractivity contribution is 6.26. The summed E-state index contributed by atoms with van der Waals surface area (Å²) >= 11 is 0. The molecule has 6 rings (SSSR count). The van der Waals surface area contributed by atoms with Crippen LogP contribution in [-0.2, 0) is 14.3 Å². The van der Waals surface area contributed by atoms with Crippen molar-refractivity contribution in [2.75, 3.05) is 12.4 Å². The standard InChI is InChI=1S/C41H45FN2O11/c1-17-10-9-11-18(2)40(51)44-31-36(49)28-27(30-38(31)54-26-16-23(42)12-13-24(26)43-30)29-37(22(6)35(28)48)55-41(7,39(29)50)53-15-14-25(52-8)19(3)33(46)21(5)34(47)20(4)32(17)45/h9-17,19-21,25,32-34,45-47,49H,1-8H3,(H,44,51)/b10-9+,15-14+,18-11-/t17-,19+,20+,21-,25-,32-,33+,34+,41-/m0/s1. The second-order valence-electron chi connectivity index (χ2n) is 14.8. The molecule has 55 heavy (non-hydrogen) atoms. The number of methoxy groups -OCH3 is 1. The van der Waals surface area contributed by atoms with Gasteiger partial charge in [-0.05, 0) is 32.1 Å². The number of carbonyl (C=O) groups is 2. The number of benzene rings is 3. The number of nitrogens with zero attached hydrogens (tertiary/aromatic N) is 1. The van der Waals surface area contributed by atoms with Gasteiger partial charge in [-0.3, -0.25) is 14.4 Å². The molecule has 2 aliphatic heterocycles. The highest BCUT2D eigenvalue weighted by atomic mass is 19.1. The predicted octanol–water partition coefficient (Wildman–Crippen LogP) is 5.57. The quantitative estimate of drug-likeness (QED) is 0.0921. The molecule has 1 aromatic heterocycles. The number of fused-ring (bicyclic) bond motifs is 2. The van der Waals surface area contributed by atoms with Gasteiger partial charge in [-0.2, -0.15) is 0 Å². The summed E-state index contributed by atoms with van der Waals surface area (Å²) in [5, 5.41) is 47.7. The Bertz CT molecular complexity index is 2370. The molecule has 292 valence electrons. The number of hydrogen-bond acceptors (Lipinski definition) is 12. The van der Waals surface area contributed by atoms with E-state index < -0.39 is 82.6 Å². The Hall–Kier alpha value is -5.15. The molecule has 13 nitrogen and oxygen atoms in total. The lowest BCUT2D eigenvalue weighted by Crippen LogP contribution is -2.44. The number of aromatic hydroxyl groups is 1. The van der Waals surface area contributed by atoms with E-state index >= 15 is 0 Å². The minimum absolute atomic E-state index is 0.0322. The topological polar surface area (TPSA) is 198 Å². The fourth-order valence-electron chi connectivity index (χ4n) is 7.39. The van der Waals surface area contributed by atoms with E-state index in [9.17, 15) is 39.2 Å². The molecular formula is C41H45FN2O11. The van der Waals surface area contributed by atoms with Crippen LogP contribution in [0.25, 0.3) is 33.0 Å². The highest BCUT2D eigenvalue weighted by Crippen LogP contribution is 2.48. The Morgan fingerprint density at radius 2 is 1.62 bits per heavy atom. The predicted molar refractivity (Wildman–Crippen MR) is 202 cm³/mol. The number of rotatable bonds is 1. The molecule has 3 aromatic carbocycles. The van der Waals surface area contributed by atoms with Gasteiger partial charge in [-0.25, -0.2) is 9.37 Å². The third-order valence-corrected chi connectivity index (χ3v) is 11.0. The molecule has 1 amide bonds. The van der Waals surface area contributed by atoms with E-state index in [4.69, 9.17) is 18.6 Å². The molecule has 5 N–H and O–H groups in total. The van der Waals surface area contributed by atoms with Crippen molar-refractivity contribution in [3.8, 4) is 11.5 Å². The zero-order valence-electron chi connectivity index (χ0n) is 31.7. The Morgan fingerprint density at radius 1 is 0.945 bits per heavy atom. The summed E-state index contributed by atoms with van der Waals surface area (Å²) in [4.78, 5) is 46.7. The number of aliphatic hydroxyl groups is 3. The summed E-state index contributed by atoms with van der Waals surface area (Å²) in [6.45, 7) is 11.1. The number of Topliss-reactive ketones (excluding diaryl/α,β-unsaturated/α-hetero) is 1. The number of ketones is 1. The van der Waals surface area contributed by atoms with E-state index in [1.807, 2.05) is 0 Å². The summed E-state index contributed by atoms with van der Waals surface area (Å²) in [5.74, 6) is -7.46. The summed E-state index contributed by atoms with van der Waals surface area (Å²) in [6, 6.07) is 3.56.